The number of benzene rings is 1. The van der Waals surface area contributed by atoms with Crippen molar-refractivity contribution < 1.29 is 9.90 Å². The number of fused-ring (bicyclic) bond motifs is 1. The maximum atomic E-state index is 12.1. The molecule has 1 aliphatic carbocycles. The highest BCUT2D eigenvalue weighted by Gasteiger charge is 2.27. The van der Waals surface area contributed by atoms with Crippen LogP contribution in [-0.4, -0.2) is 28.8 Å². The Bertz CT molecular complexity index is 674. The summed E-state index contributed by atoms with van der Waals surface area (Å²) in [7, 11) is 0. The van der Waals surface area contributed by atoms with Crippen molar-refractivity contribution in [3.8, 4) is 0 Å². The van der Waals surface area contributed by atoms with Gasteiger partial charge in [-0.1, -0.05) is 18.6 Å². The SMILES string of the molecule is O=C(NCc1ccc2ncccc2c1)N[C@@H]1CCC[C@H]1CCO. The lowest BCUT2D eigenvalue weighted by atomic mass is 10.0. The Kier molecular flexibility index (Phi) is 5.08. The van der Waals surface area contributed by atoms with Crippen LogP contribution in [0.4, 0.5) is 4.79 Å². The standard InChI is InChI=1S/C18H23N3O2/c22-10-8-14-3-1-5-17(14)21-18(23)20-12-13-6-7-16-15(11-13)4-2-9-19-16/h2,4,6-7,9,11,14,17,22H,1,3,5,8,10,12H2,(H2,20,21,23)/t14-,17+/m0/s1. The first kappa shape index (κ1) is 15.7. The average Bonchev–Trinajstić information content (AvgIpc) is 3.00. The smallest absolute Gasteiger partial charge is 0.315 e. The third kappa shape index (κ3) is 3.99. The molecular formula is C18H23N3O2. The van der Waals surface area contributed by atoms with E-state index in [2.05, 4.69) is 15.6 Å². The maximum Gasteiger partial charge on any atom is 0.315 e. The zero-order valence-corrected chi connectivity index (χ0v) is 13.2. The molecule has 0 unspecified atom stereocenters. The molecule has 5 heteroatoms. The minimum absolute atomic E-state index is 0.133. The Balaban J connectivity index is 1.53. The van der Waals surface area contributed by atoms with Gasteiger partial charge in [-0.05, 0) is 48.9 Å². The molecule has 2 aromatic rings. The number of pyridine rings is 1. The van der Waals surface area contributed by atoms with Crippen LogP contribution < -0.4 is 10.6 Å². The van der Waals surface area contributed by atoms with Crippen molar-refractivity contribution in [2.45, 2.75) is 38.3 Å². The third-order valence-corrected chi connectivity index (χ3v) is 4.60. The molecule has 1 fully saturated rings. The molecular weight excluding hydrogens is 290 g/mol. The quantitative estimate of drug-likeness (QED) is 0.794. The number of urea groups is 1. The molecule has 1 aromatic carbocycles. The molecule has 1 aliphatic rings. The Morgan fingerprint density at radius 2 is 2.22 bits per heavy atom. The van der Waals surface area contributed by atoms with E-state index >= 15 is 0 Å². The van der Waals surface area contributed by atoms with Crippen LogP contribution in [0.2, 0.25) is 0 Å². The number of carbonyl (C=O) groups excluding carboxylic acids is 1. The van der Waals surface area contributed by atoms with Gasteiger partial charge in [-0.25, -0.2) is 4.79 Å². The van der Waals surface area contributed by atoms with Gasteiger partial charge in [-0.3, -0.25) is 4.98 Å². The van der Waals surface area contributed by atoms with Gasteiger partial charge in [-0.15, -0.1) is 0 Å². The molecule has 0 radical (unpaired) electrons. The molecule has 1 heterocycles. The van der Waals surface area contributed by atoms with Gasteiger partial charge in [0.15, 0.2) is 0 Å². The second-order valence-corrected chi connectivity index (χ2v) is 6.17. The highest BCUT2D eigenvalue weighted by molar-refractivity contribution is 5.79. The molecule has 1 aromatic heterocycles. The molecule has 3 N–H and O–H groups in total. The fourth-order valence-corrected chi connectivity index (χ4v) is 3.38. The van der Waals surface area contributed by atoms with E-state index in [1.807, 2.05) is 30.3 Å². The summed E-state index contributed by atoms with van der Waals surface area (Å²) in [6, 6.07) is 9.98. The van der Waals surface area contributed by atoms with Gasteiger partial charge in [-0.2, -0.15) is 0 Å². The summed E-state index contributed by atoms with van der Waals surface area (Å²) in [5, 5.41) is 16.1. The van der Waals surface area contributed by atoms with Crippen LogP contribution in [0, 0.1) is 5.92 Å². The fourth-order valence-electron chi connectivity index (χ4n) is 3.38. The first-order chi connectivity index (χ1) is 11.3. The topological polar surface area (TPSA) is 74.2 Å². The van der Waals surface area contributed by atoms with E-state index in [-0.39, 0.29) is 18.7 Å². The van der Waals surface area contributed by atoms with E-state index in [1.165, 1.54) is 0 Å². The molecule has 0 bridgehead atoms. The van der Waals surface area contributed by atoms with Crippen molar-refractivity contribution in [3.63, 3.8) is 0 Å². The van der Waals surface area contributed by atoms with Gasteiger partial charge in [0.25, 0.3) is 0 Å². The number of carbonyl (C=O) groups is 1. The van der Waals surface area contributed by atoms with Gasteiger partial charge in [0.05, 0.1) is 5.52 Å². The lowest BCUT2D eigenvalue weighted by molar-refractivity contribution is 0.221. The zero-order chi connectivity index (χ0) is 16.1. The highest BCUT2D eigenvalue weighted by atomic mass is 16.3. The lowest BCUT2D eigenvalue weighted by Crippen LogP contribution is -2.43. The molecule has 3 rings (SSSR count). The number of hydrogen-bond donors (Lipinski definition) is 3. The van der Waals surface area contributed by atoms with Crippen molar-refractivity contribution in [1.29, 1.82) is 0 Å². The fraction of sp³-hybridized carbons (Fsp3) is 0.444. The van der Waals surface area contributed by atoms with Crippen molar-refractivity contribution in [1.82, 2.24) is 15.6 Å². The zero-order valence-electron chi connectivity index (χ0n) is 13.2. The molecule has 1 saturated carbocycles. The monoisotopic (exact) mass is 313 g/mol. The maximum absolute atomic E-state index is 12.1. The molecule has 122 valence electrons. The van der Waals surface area contributed by atoms with Crippen molar-refractivity contribution in [2.24, 2.45) is 5.92 Å². The third-order valence-electron chi connectivity index (χ3n) is 4.60. The number of nitrogens with zero attached hydrogens (tertiary/aromatic N) is 1. The minimum atomic E-state index is -0.133. The van der Waals surface area contributed by atoms with Crippen LogP contribution in [-0.2, 0) is 6.54 Å². The van der Waals surface area contributed by atoms with E-state index < -0.39 is 0 Å². The predicted octanol–water partition coefficient (Wildman–Crippen LogP) is 2.59. The largest absolute Gasteiger partial charge is 0.396 e. The first-order valence-corrected chi connectivity index (χ1v) is 8.25. The molecule has 0 saturated heterocycles. The molecule has 0 aliphatic heterocycles. The number of aromatic nitrogens is 1. The Morgan fingerprint density at radius 3 is 3.09 bits per heavy atom. The number of nitrogens with one attached hydrogen (secondary N) is 2. The van der Waals surface area contributed by atoms with E-state index in [0.29, 0.717) is 12.5 Å². The predicted molar refractivity (Wildman–Crippen MR) is 89.9 cm³/mol. The van der Waals surface area contributed by atoms with E-state index in [9.17, 15) is 4.79 Å². The average molecular weight is 313 g/mol. The van der Waals surface area contributed by atoms with Gasteiger partial charge in [0, 0.05) is 30.8 Å². The Morgan fingerprint density at radius 1 is 1.30 bits per heavy atom. The van der Waals surface area contributed by atoms with E-state index in [0.717, 1.165) is 42.1 Å². The first-order valence-electron chi connectivity index (χ1n) is 8.25. The number of amides is 2. The van der Waals surface area contributed by atoms with Crippen molar-refractivity contribution >= 4 is 16.9 Å². The summed E-state index contributed by atoms with van der Waals surface area (Å²) >= 11 is 0. The molecule has 0 spiro atoms. The Labute approximate surface area is 136 Å². The van der Waals surface area contributed by atoms with Gasteiger partial charge >= 0.3 is 6.03 Å². The van der Waals surface area contributed by atoms with E-state index in [4.69, 9.17) is 5.11 Å². The normalized spacial score (nSPS) is 20.6. The van der Waals surface area contributed by atoms with Crippen molar-refractivity contribution in [2.75, 3.05) is 6.61 Å². The number of rotatable bonds is 5. The minimum Gasteiger partial charge on any atom is -0.396 e. The second-order valence-electron chi connectivity index (χ2n) is 6.17. The summed E-state index contributed by atoms with van der Waals surface area (Å²) in [4.78, 5) is 16.4. The number of aliphatic hydroxyl groups is 1. The van der Waals surface area contributed by atoms with E-state index in [1.54, 1.807) is 6.20 Å². The summed E-state index contributed by atoms with van der Waals surface area (Å²) in [5.41, 5.74) is 2.01. The molecule has 2 amide bonds. The second kappa shape index (κ2) is 7.42. The van der Waals surface area contributed by atoms with Crippen LogP contribution in [0.25, 0.3) is 10.9 Å². The van der Waals surface area contributed by atoms with Gasteiger partial charge in [0.2, 0.25) is 0 Å². The van der Waals surface area contributed by atoms with Crippen LogP contribution >= 0.6 is 0 Å². The van der Waals surface area contributed by atoms with Crippen LogP contribution in [0.1, 0.15) is 31.2 Å². The van der Waals surface area contributed by atoms with Crippen molar-refractivity contribution in [3.05, 3.63) is 42.1 Å². The molecule has 23 heavy (non-hydrogen) atoms. The summed E-state index contributed by atoms with van der Waals surface area (Å²) in [6.45, 7) is 0.684. The van der Waals surface area contributed by atoms with Crippen LogP contribution in [0.3, 0.4) is 0 Å². The van der Waals surface area contributed by atoms with Gasteiger partial charge in [0.1, 0.15) is 0 Å². The summed E-state index contributed by atoms with van der Waals surface area (Å²) < 4.78 is 0. The number of aliphatic hydroxyl groups excluding tert-OH is 1. The summed E-state index contributed by atoms with van der Waals surface area (Å²) in [5.74, 6) is 0.400. The highest BCUT2D eigenvalue weighted by Crippen LogP contribution is 2.28. The Hall–Kier alpha value is -2.14. The molecule has 2 atom stereocenters. The number of hydrogen-bond acceptors (Lipinski definition) is 3. The van der Waals surface area contributed by atoms with Crippen LogP contribution in [0.15, 0.2) is 36.5 Å². The molecule has 5 nitrogen and oxygen atoms in total. The summed E-state index contributed by atoms with van der Waals surface area (Å²) in [6.07, 6.45) is 5.75. The van der Waals surface area contributed by atoms with Crippen LogP contribution in [0.5, 0.6) is 0 Å². The van der Waals surface area contributed by atoms with Gasteiger partial charge < -0.3 is 15.7 Å². The lowest BCUT2D eigenvalue weighted by Gasteiger charge is -2.20.